The maximum atomic E-state index is 13.7. The van der Waals surface area contributed by atoms with E-state index in [2.05, 4.69) is 0 Å². The molecule has 0 aromatic carbocycles. The zero-order valence-corrected chi connectivity index (χ0v) is 12.3. The van der Waals surface area contributed by atoms with E-state index in [4.69, 9.17) is 16.3 Å². The molecule has 1 amide bonds. The van der Waals surface area contributed by atoms with Crippen molar-refractivity contribution < 1.29 is 27.1 Å². The number of nitrogens with zero attached hydrogens (tertiary/aromatic N) is 1. The molecule has 2 heterocycles. The predicted molar refractivity (Wildman–Crippen MR) is 70.1 cm³/mol. The fourth-order valence-corrected chi connectivity index (χ4v) is 3.00. The van der Waals surface area contributed by atoms with Crippen LogP contribution in [0.1, 0.15) is 10.4 Å². The average molecular weight is 346 g/mol. The van der Waals surface area contributed by atoms with Gasteiger partial charge in [-0.05, 0) is 17.0 Å². The number of amides is 1. The van der Waals surface area contributed by atoms with E-state index >= 15 is 0 Å². The molecule has 0 aliphatic carbocycles. The molecule has 0 bridgehead atoms. The van der Waals surface area contributed by atoms with Crippen molar-refractivity contribution in [1.29, 1.82) is 0 Å². The number of thiophene rings is 1. The summed E-state index contributed by atoms with van der Waals surface area (Å²) in [4.78, 5) is 12.2. The lowest BCUT2D eigenvalue weighted by molar-refractivity contribution is -0.134. The predicted octanol–water partition coefficient (Wildman–Crippen LogP) is 3.07. The van der Waals surface area contributed by atoms with Gasteiger partial charge in [0.15, 0.2) is 0 Å². The number of alkyl halides is 5. The van der Waals surface area contributed by atoms with Crippen LogP contribution < -0.4 is 0 Å². The van der Waals surface area contributed by atoms with E-state index < -0.39 is 29.2 Å². The Morgan fingerprint density at radius 1 is 1.48 bits per heavy atom. The maximum absolute atomic E-state index is 13.7. The Balaban J connectivity index is 2.15. The second kappa shape index (κ2) is 6.50. The summed E-state index contributed by atoms with van der Waals surface area (Å²) in [5, 5.41) is 1.31. The molecule has 118 valence electrons. The van der Waals surface area contributed by atoms with Crippen molar-refractivity contribution in [3.63, 3.8) is 0 Å². The molecular formula is C12H12ClF4NO2S. The van der Waals surface area contributed by atoms with Crippen LogP contribution in [-0.2, 0) is 22.3 Å². The van der Waals surface area contributed by atoms with Gasteiger partial charge in [0, 0.05) is 6.54 Å². The third-order valence-electron chi connectivity index (χ3n) is 3.10. The second-order valence-corrected chi connectivity index (χ2v) is 5.77. The lowest BCUT2D eigenvalue weighted by Crippen LogP contribution is -2.45. The lowest BCUT2D eigenvalue weighted by Gasteiger charge is -2.28. The lowest BCUT2D eigenvalue weighted by atomic mass is 10.1. The van der Waals surface area contributed by atoms with Gasteiger partial charge in [0.2, 0.25) is 5.91 Å². The van der Waals surface area contributed by atoms with E-state index in [1.54, 1.807) is 0 Å². The molecular weight excluding hydrogens is 334 g/mol. The first-order chi connectivity index (χ1) is 9.82. The molecule has 9 heteroatoms. The highest BCUT2D eigenvalue weighted by atomic mass is 35.5. The Bertz CT molecular complexity index is 508. The third-order valence-corrected chi connectivity index (χ3v) is 4.36. The van der Waals surface area contributed by atoms with Crippen molar-refractivity contribution in [1.82, 2.24) is 4.90 Å². The van der Waals surface area contributed by atoms with Crippen molar-refractivity contribution in [2.24, 2.45) is 0 Å². The average Bonchev–Trinajstić information content (AvgIpc) is 3.03. The Morgan fingerprint density at radius 2 is 2.19 bits per heavy atom. The molecule has 3 nitrogen and oxygen atoms in total. The van der Waals surface area contributed by atoms with Crippen LogP contribution in [-0.4, -0.2) is 42.1 Å². The van der Waals surface area contributed by atoms with Gasteiger partial charge in [0.1, 0.15) is 16.9 Å². The minimum absolute atomic E-state index is 0.0139. The Kier molecular flexibility index (Phi) is 5.11. The van der Waals surface area contributed by atoms with Gasteiger partial charge in [-0.3, -0.25) is 4.79 Å². The van der Waals surface area contributed by atoms with E-state index in [0.717, 1.165) is 11.0 Å². The van der Waals surface area contributed by atoms with Gasteiger partial charge in [-0.25, -0.2) is 4.39 Å². The summed E-state index contributed by atoms with van der Waals surface area (Å²) in [5.41, 5.74) is 0.296. The number of hydrogen-bond donors (Lipinski definition) is 0. The number of carbonyl (C=O) groups is 1. The minimum atomic E-state index is -4.43. The van der Waals surface area contributed by atoms with Crippen LogP contribution in [0.5, 0.6) is 0 Å². The molecule has 0 N–H and O–H groups in total. The molecule has 1 aliphatic heterocycles. The Morgan fingerprint density at radius 3 is 2.67 bits per heavy atom. The van der Waals surface area contributed by atoms with Crippen molar-refractivity contribution in [2.45, 2.75) is 24.9 Å². The van der Waals surface area contributed by atoms with E-state index in [1.807, 2.05) is 0 Å². The molecule has 21 heavy (non-hydrogen) atoms. The molecule has 0 saturated carbocycles. The summed E-state index contributed by atoms with van der Waals surface area (Å²) in [6, 6.07) is 0.146. The number of ether oxygens (including phenoxy) is 1. The highest BCUT2D eigenvalue weighted by Crippen LogP contribution is 2.34. The zero-order valence-electron chi connectivity index (χ0n) is 10.7. The number of halogens is 5. The van der Waals surface area contributed by atoms with Gasteiger partial charge in [-0.15, -0.1) is 22.9 Å². The molecule has 1 aromatic heterocycles. The SMILES string of the molecule is O=C(CCl)N(Cc1csc(C(F)(F)F)c1)[C@@H]1COC[C@H]1F. The molecule has 0 radical (unpaired) electrons. The van der Waals surface area contributed by atoms with Crippen molar-refractivity contribution in [2.75, 3.05) is 19.1 Å². The first-order valence-electron chi connectivity index (χ1n) is 6.04. The maximum Gasteiger partial charge on any atom is 0.425 e. The third kappa shape index (κ3) is 3.87. The van der Waals surface area contributed by atoms with Gasteiger partial charge in [0.25, 0.3) is 0 Å². The summed E-state index contributed by atoms with van der Waals surface area (Å²) in [5.74, 6) is -0.894. The van der Waals surface area contributed by atoms with Crippen LogP contribution in [0.15, 0.2) is 11.4 Å². The van der Waals surface area contributed by atoms with Gasteiger partial charge >= 0.3 is 6.18 Å². The van der Waals surface area contributed by atoms with Crippen LogP contribution in [0.3, 0.4) is 0 Å². The molecule has 1 aromatic rings. The monoisotopic (exact) mass is 345 g/mol. The van der Waals surface area contributed by atoms with Crippen LogP contribution in [0.25, 0.3) is 0 Å². The molecule has 1 aliphatic rings. The molecule has 1 fully saturated rings. The summed E-state index contributed by atoms with van der Waals surface area (Å²) in [6.07, 6.45) is -5.79. The van der Waals surface area contributed by atoms with Crippen LogP contribution in [0.2, 0.25) is 0 Å². The number of carbonyl (C=O) groups excluding carboxylic acids is 1. The molecule has 0 spiro atoms. The van der Waals surface area contributed by atoms with Gasteiger partial charge < -0.3 is 9.64 Å². The first-order valence-corrected chi connectivity index (χ1v) is 7.46. The summed E-state index contributed by atoms with van der Waals surface area (Å²) in [7, 11) is 0. The van der Waals surface area contributed by atoms with Crippen molar-refractivity contribution >= 4 is 28.8 Å². The van der Waals surface area contributed by atoms with Crippen LogP contribution in [0, 0.1) is 0 Å². The normalized spacial score (nSPS) is 22.5. The van der Waals surface area contributed by atoms with Gasteiger partial charge in [-0.1, -0.05) is 0 Å². The van der Waals surface area contributed by atoms with Gasteiger partial charge in [0.05, 0.1) is 19.3 Å². The Hall–Kier alpha value is -0.860. The van der Waals surface area contributed by atoms with E-state index in [0.29, 0.717) is 16.9 Å². The largest absolute Gasteiger partial charge is 0.425 e. The molecule has 2 rings (SSSR count). The summed E-state index contributed by atoms with van der Waals surface area (Å²) in [6.45, 7) is -0.235. The zero-order chi connectivity index (χ0) is 15.6. The minimum Gasteiger partial charge on any atom is -0.376 e. The van der Waals surface area contributed by atoms with E-state index in [1.165, 1.54) is 5.38 Å². The van der Waals surface area contributed by atoms with Crippen molar-refractivity contribution in [3.8, 4) is 0 Å². The van der Waals surface area contributed by atoms with Gasteiger partial charge in [-0.2, -0.15) is 13.2 Å². The topological polar surface area (TPSA) is 29.5 Å². The second-order valence-electron chi connectivity index (χ2n) is 4.59. The highest BCUT2D eigenvalue weighted by Gasteiger charge is 2.37. The number of rotatable bonds is 4. The Labute approximate surface area is 127 Å². The molecule has 1 saturated heterocycles. The summed E-state index contributed by atoms with van der Waals surface area (Å²) < 4.78 is 56.3. The van der Waals surface area contributed by atoms with Crippen molar-refractivity contribution in [3.05, 3.63) is 21.9 Å². The van der Waals surface area contributed by atoms with Crippen LogP contribution in [0.4, 0.5) is 17.6 Å². The number of hydrogen-bond acceptors (Lipinski definition) is 3. The molecule has 0 unspecified atom stereocenters. The quantitative estimate of drug-likeness (QED) is 0.620. The molecule has 2 atom stereocenters. The highest BCUT2D eigenvalue weighted by molar-refractivity contribution is 7.10. The summed E-state index contributed by atoms with van der Waals surface area (Å²) >= 11 is 6.03. The van der Waals surface area contributed by atoms with E-state index in [-0.39, 0.29) is 25.6 Å². The fraction of sp³-hybridized carbons (Fsp3) is 0.583. The standard InChI is InChI=1S/C12H12ClF4NO2S/c13-2-11(19)18(9-5-20-4-8(9)14)3-7-1-10(21-6-7)12(15,16)17/h1,6,8-9H,2-5H2/t8-,9-/m1/s1. The fourth-order valence-electron chi connectivity index (χ4n) is 2.07. The first kappa shape index (κ1) is 16.5. The van der Waals surface area contributed by atoms with E-state index in [9.17, 15) is 22.4 Å². The smallest absolute Gasteiger partial charge is 0.376 e. The van der Waals surface area contributed by atoms with Crippen LogP contribution >= 0.6 is 22.9 Å².